The molecule has 1 aliphatic carbocycles. The van der Waals surface area contributed by atoms with Crippen LogP contribution in [0, 0.1) is 5.41 Å². The first-order chi connectivity index (χ1) is 8.58. The lowest BCUT2D eigenvalue weighted by atomic mass is 9.70. The molecule has 1 N–H and O–H groups in total. The van der Waals surface area contributed by atoms with Crippen molar-refractivity contribution < 1.29 is 0 Å². The van der Waals surface area contributed by atoms with Crippen molar-refractivity contribution >= 4 is 0 Å². The van der Waals surface area contributed by atoms with Gasteiger partial charge in [-0.1, -0.05) is 52.0 Å². The molecular formula is C17H27N. The minimum atomic E-state index is 0.358. The number of nitrogens with one attached hydrogen (secondary N) is 1. The van der Waals surface area contributed by atoms with Crippen molar-refractivity contribution in [3.05, 3.63) is 35.4 Å². The van der Waals surface area contributed by atoms with Gasteiger partial charge in [0, 0.05) is 12.1 Å². The summed E-state index contributed by atoms with van der Waals surface area (Å²) in [5, 5.41) is 3.90. The van der Waals surface area contributed by atoms with E-state index in [9.17, 15) is 0 Å². The third-order valence-electron chi connectivity index (χ3n) is 4.57. The topological polar surface area (TPSA) is 12.0 Å². The Labute approximate surface area is 112 Å². The van der Waals surface area contributed by atoms with Crippen molar-refractivity contribution in [3.63, 3.8) is 0 Å². The Bertz CT molecular complexity index is 390. The van der Waals surface area contributed by atoms with Gasteiger partial charge in [-0.3, -0.25) is 0 Å². The Morgan fingerprint density at radius 3 is 2.56 bits per heavy atom. The van der Waals surface area contributed by atoms with Gasteiger partial charge in [0.25, 0.3) is 0 Å². The number of hydrogen-bond acceptors (Lipinski definition) is 1. The van der Waals surface area contributed by atoms with Crippen LogP contribution in [0.25, 0.3) is 0 Å². The molecule has 2 rings (SSSR count). The van der Waals surface area contributed by atoms with Gasteiger partial charge in [0.1, 0.15) is 0 Å². The van der Waals surface area contributed by atoms with Gasteiger partial charge in [-0.2, -0.15) is 0 Å². The van der Waals surface area contributed by atoms with Crippen molar-refractivity contribution in [2.45, 2.75) is 65.5 Å². The van der Waals surface area contributed by atoms with Gasteiger partial charge in [0.2, 0.25) is 0 Å². The molecule has 0 saturated heterocycles. The Morgan fingerprint density at radius 1 is 1.22 bits per heavy atom. The monoisotopic (exact) mass is 245 g/mol. The van der Waals surface area contributed by atoms with Gasteiger partial charge in [-0.25, -0.2) is 0 Å². The zero-order chi connectivity index (χ0) is 13.2. The van der Waals surface area contributed by atoms with Crippen LogP contribution in [-0.2, 0) is 6.42 Å². The summed E-state index contributed by atoms with van der Waals surface area (Å²) in [6, 6.07) is 10.1. The summed E-state index contributed by atoms with van der Waals surface area (Å²) in [7, 11) is 0. The Morgan fingerprint density at radius 2 is 1.89 bits per heavy atom. The first-order valence-corrected chi connectivity index (χ1v) is 7.42. The van der Waals surface area contributed by atoms with Crippen LogP contribution in [0.15, 0.2) is 24.3 Å². The quantitative estimate of drug-likeness (QED) is 0.824. The minimum Gasteiger partial charge on any atom is -0.307 e. The fourth-order valence-corrected chi connectivity index (χ4v) is 3.14. The highest BCUT2D eigenvalue weighted by atomic mass is 15.0. The second-order valence-corrected chi connectivity index (χ2v) is 6.30. The average molecular weight is 245 g/mol. The highest BCUT2D eigenvalue weighted by Crippen LogP contribution is 2.43. The van der Waals surface area contributed by atoms with Crippen LogP contribution in [-0.4, -0.2) is 6.04 Å². The zero-order valence-electron chi connectivity index (χ0n) is 12.3. The van der Waals surface area contributed by atoms with E-state index < -0.39 is 0 Å². The predicted molar refractivity (Wildman–Crippen MR) is 78.8 cm³/mol. The molecule has 1 aliphatic rings. The second kappa shape index (κ2) is 5.44. The number of benzene rings is 1. The smallest absolute Gasteiger partial charge is 0.0376 e. The van der Waals surface area contributed by atoms with Crippen LogP contribution in [0.2, 0.25) is 0 Å². The first-order valence-electron chi connectivity index (χ1n) is 7.42. The molecule has 0 spiro atoms. The SMILES string of the molecule is CCC(CC)NC1c2ccccc2CCC1(C)C. The maximum atomic E-state index is 3.90. The van der Waals surface area contributed by atoms with E-state index in [4.69, 9.17) is 0 Å². The normalized spacial score (nSPS) is 21.9. The van der Waals surface area contributed by atoms with E-state index >= 15 is 0 Å². The molecule has 100 valence electrons. The van der Waals surface area contributed by atoms with E-state index in [1.807, 2.05) is 0 Å². The minimum absolute atomic E-state index is 0.358. The summed E-state index contributed by atoms with van der Waals surface area (Å²) in [6.45, 7) is 9.37. The molecule has 18 heavy (non-hydrogen) atoms. The molecule has 0 aliphatic heterocycles. The molecule has 1 heteroatoms. The van der Waals surface area contributed by atoms with Crippen LogP contribution < -0.4 is 5.32 Å². The van der Waals surface area contributed by atoms with Gasteiger partial charge in [-0.05, 0) is 42.2 Å². The molecule has 0 aromatic heterocycles. The van der Waals surface area contributed by atoms with Gasteiger partial charge in [-0.15, -0.1) is 0 Å². The summed E-state index contributed by atoms with van der Waals surface area (Å²) in [5.74, 6) is 0. The molecule has 0 fully saturated rings. The van der Waals surface area contributed by atoms with E-state index in [0.717, 1.165) is 0 Å². The number of rotatable bonds is 4. The maximum absolute atomic E-state index is 3.90. The van der Waals surface area contributed by atoms with Gasteiger partial charge >= 0.3 is 0 Å². The molecule has 0 amide bonds. The average Bonchev–Trinajstić information content (AvgIpc) is 2.38. The molecular weight excluding hydrogens is 218 g/mol. The largest absolute Gasteiger partial charge is 0.307 e. The fourth-order valence-electron chi connectivity index (χ4n) is 3.14. The summed E-state index contributed by atoms with van der Waals surface area (Å²) < 4.78 is 0. The van der Waals surface area contributed by atoms with Gasteiger partial charge in [0.05, 0.1) is 0 Å². The van der Waals surface area contributed by atoms with E-state index in [-0.39, 0.29) is 0 Å². The standard InChI is InChI=1S/C17H27N/c1-5-14(6-2)18-16-15-10-8-7-9-13(15)11-12-17(16,3)4/h7-10,14,16,18H,5-6,11-12H2,1-4H3. The molecule has 0 heterocycles. The van der Waals surface area contributed by atoms with Gasteiger partial charge < -0.3 is 5.32 Å². The molecule has 0 bridgehead atoms. The van der Waals surface area contributed by atoms with E-state index in [2.05, 4.69) is 57.3 Å². The Kier molecular flexibility index (Phi) is 4.11. The molecule has 1 nitrogen and oxygen atoms in total. The fraction of sp³-hybridized carbons (Fsp3) is 0.647. The summed E-state index contributed by atoms with van der Waals surface area (Å²) in [6.07, 6.45) is 4.93. The lowest BCUT2D eigenvalue weighted by Gasteiger charge is -2.42. The second-order valence-electron chi connectivity index (χ2n) is 6.30. The molecule has 1 aromatic rings. The van der Waals surface area contributed by atoms with Crippen LogP contribution >= 0.6 is 0 Å². The van der Waals surface area contributed by atoms with Crippen molar-refractivity contribution in [2.24, 2.45) is 5.41 Å². The molecule has 0 radical (unpaired) electrons. The number of aryl methyl sites for hydroxylation is 1. The Balaban J connectivity index is 2.29. The van der Waals surface area contributed by atoms with Crippen molar-refractivity contribution in [3.8, 4) is 0 Å². The lowest BCUT2D eigenvalue weighted by Crippen LogP contribution is -2.42. The zero-order valence-corrected chi connectivity index (χ0v) is 12.3. The predicted octanol–water partition coefficient (Wildman–Crippen LogP) is 4.48. The van der Waals surface area contributed by atoms with Crippen LogP contribution in [0.1, 0.15) is 64.1 Å². The first kappa shape index (κ1) is 13.6. The summed E-state index contributed by atoms with van der Waals surface area (Å²) in [5.41, 5.74) is 3.43. The van der Waals surface area contributed by atoms with Crippen LogP contribution in [0.5, 0.6) is 0 Å². The van der Waals surface area contributed by atoms with Crippen LogP contribution in [0.3, 0.4) is 0 Å². The van der Waals surface area contributed by atoms with Crippen LogP contribution in [0.4, 0.5) is 0 Å². The van der Waals surface area contributed by atoms with E-state index in [1.54, 1.807) is 5.56 Å². The maximum Gasteiger partial charge on any atom is 0.0376 e. The van der Waals surface area contributed by atoms with E-state index in [1.165, 1.54) is 31.2 Å². The lowest BCUT2D eigenvalue weighted by molar-refractivity contribution is 0.190. The highest BCUT2D eigenvalue weighted by Gasteiger charge is 2.36. The third-order valence-corrected chi connectivity index (χ3v) is 4.57. The van der Waals surface area contributed by atoms with Crippen molar-refractivity contribution in [1.29, 1.82) is 0 Å². The van der Waals surface area contributed by atoms with Gasteiger partial charge in [0.15, 0.2) is 0 Å². The molecule has 1 atom stereocenters. The molecule has 1 unspecified atom stereocenters. The Hall–Kier alpha value is -0.820. The third kappa shape index (κ3) is 2.61. The van der Waals surface area contributed by atoms with Crippen molar-refractivity contribution in [1.82, 2.24) is 5.32 Å². The van der Waals surface area contributed by atoms with E-state index in [0.29, 0.717) is 17.5 Å². The summed E-state index contributed by atoms with van der Waals surface area (Å²) >= 11 is 0. The number of hydrogen-bond donors (Lipinski definition) is 1. The number of fused-ring (bicyclic) bond motifs is 1. The summed E-state index contributed by atoms with van der Waals surface area (Å²) in [4.78, 5) is 0. The van der Waals surface area contributed by atoms with Crippen molar-refractivity contribution in [2.75, 3.05) is 0 Å². The molecule has 1 aromatic carbocycles. The molecule has 0 saturated carbocycles. The highest BCUT2D eigenvalue weighted by molar-refractivity contribution is 5.34.